The van der Waals surface area contributed by atoms with E-state index in [1.165, 1.54) is 0 Å². The molecule has 2 unspecified atom stereocenters. The molecule has 2 rings (SSSR count). The third kappa shape index (κ3) is 1.63. The predicted molar refractivity (Wildman–Crippen MR) is 63.8 cm³/mol. The Balaban J connectivity index is 2.57. The molecule has 0 fully saturated rings. The molecule has 0 spiro atoms. The summed E-state index contributed by atoms with van der Waals surface area (Å²) < 4.78 is 0. The summed E-state index contributed by atoms with van der Waals surface area (Å²) in [5.41, 5.74) is 17.5. The van der Waals surface area contributed by atoms with Gasteiger partial charge in [-0.1, -0.05) is 36.4 Å². The maximum atomic E-state index is 10.2. The van der Waals surface area contributed by atoms with E-state index in [0.717, 1.165) is 5.56 Å². The zero-order valence-electron chi connectivity index (χ0n) is 8.80. The zero-order valence-corrected chi connectivity index (χ0v) is 8.80. The summed E-state index contributed by atoms with van der Waals surface area (Å²) in [6, 6.07) is 8.62. The van der Waals surface area contributed by atoms with Crippen molar-refractivity contribution in [1.29, 1.82) is 0 Å². The van der Waals surface area contributed by atoms with E-state index in [-0.39, 0.29) is 0 Å². The Hall–Kier alpha value is -1.62. The molecule has 0 aliphatic heterocycles. The molecule has 0 radical (unpaired) electrons. The van der Waals surface area contributed by atoms with Gasteiger partial charge in [0, 0.05) is 11.3 Å². The van der Waals surface area contributed by atoms with Crippen LogP contribution in [0.5, 0.6) is 0 Å². The molecule has 0 bridgehead atoms. The first-order chi connectivity index (χ1) is 7.53. The Morgan fingerprint density at radius 2 is 1.81 bits per heavy atom. The van der Waals surface area contributed by atoms with Gasteiger partial charge in [-0.15, -0.1) is 0 Å². The van der Waals surface area contributed by atoms with E-state index in [9.17, 15) is 5.11 Å². The van der Waals surface area contributed by atoms with Gasteiger partial charge in [0.1, 0.15) is 0 Å². The number of nitrogens with two attached hydrogens (primary N) is 3. The fraction of sp³-hybridized carbons (Fsp3) is 0.167. The van der Waals surface area contributed by atoms with Gasteiger partial charge in [0.2, 0.25) is 0 Å². The van der Waals surface area contributed by atoms with Gasteiger partial charge in [-0.05, 0) is 11.6 Å². The third-order valence-corrected chi connectivity index (χ3v) is 2.74. The van der Waals surface area contributed by atoms with Crippen molar-refractivity contribution in [1.82, 2.24) is 0 Å². The second-order valence-corrected chi connectivity index (χ2v) is 3.91. The summed E-state index contributed by atoms with van der Waals surface area (Å²) in [5, 5.41) is 10.2. The molecule has 4 nitrogen and oxygen atoms in total. The monoisotopic (exact) mass is 217 g/mol. The first-order valence-electron chi connectivity index (χ1n) is 5.04. The van der Waals surface area contributed by atoms with E-state index in [1.807, 2.05) is 30.3 Å². The van der Waals surface area contributed by atoms with E-state index in [1.54, 1.807) is 12.2 Å². The second kappa shape index (κ2) is 3.75. The standard InChI is InChI=1S/C12H15N3O/c13-9-6-7-10(14)12(15,16)11(9)8-4-2-1-3-5-8/h1-7,10,16H,13-15H2. The van der Waals surface area contributed by atoms with Crippen LogP contribution < -0.4 is 17.2 Å². The van der Waals surface area contributed by atoms with Crippen LogP contribution >= 0.6 is 0 Å². The highest BCUT2D eigenvalue weighted by Crippen LogP contribution is 2.31. The summed E-state index contributed by atoms with van der Waals surface area (Å²) in [4.78, 5) is 0. The van der Waals surface area contributed by atoms with Gasteiger partial charge in [-0.2, -0.15) is 0 Å². The highest BCUT2D eigenvalue weighted by atomic mass is 16.3. The molecule has 0 aromatic heterocycles. The van der Waals surface area contributed by atoms with Crippen LogP contribution in [0.3, 0.4) is 0 Å². The first-order valence-corrected chi connectivity index (χ1v) is 5.04. The van der Waals surface area contributed by atoms with Crippen molar-refractivity contribution in [3.63, 3.8) is 0 Å². The van der Waals surface area contributed by atoms with Gasteiger partial charge >= 0.3 is 0 Å². The van der Waals surface area contributed by atoms with Crippen molar-refractivity contribution < 1.29 is 5.11 Å². The molecule has 0 amide bonds. The van der Waals surface area contributed by atoms with Gasteiger partial charge in [-0.25, -0.2) is 0 Å². The average molecular weight is 217 g/mol. The van der Waals surface area contributed by atoms with Crippen molar-refractivity contribution in [3.05, 3.63) is 53.7 Å². The van der Waals surface area contributed by atoms with E-state index < -0.39 is 11.8 Å². The fourth-order valence-electron chi connectivity index (χ4n) is 1.84. The van der Waals surface area contributed by atoms with Crippen molar-refractivity contribution in [2.75, 3.05) is 0 Å². The smallest absolute Gasteiger partial charge is 0.161 e. The number of rotatable bonds is 1. The number of hydrogen-bond acceptors (Lipinski definition) is 4. The normalized spacial score (nSPS) is 29.6. The van der Waals surface area contributed by atoms with Gasteiger partial charge in [-0.3, -0.25) is 5.73 Å². The molecule has 2 atom stereocenters. The minimum atomic E-state index is -1.62. The molecule has 1 aromatic rings. The molecule has 0 heterocycles. The molecule has 7 N–H and O–H groups in total. The minimum Gasteiger partial charge on any atom is -0.398 e. The Morgan fingerprint density at radius 1 is 1.19 bits per heavy atom. The first kappa shape index (κ1) is 10.9. The number of hydrogen-bond donors (Lipinski definition) is 4. The van der Waals surface area contributed by atoms with Crippen molar-refractivity contribution >= 4 is 5.57 Å². The van der Waals surface area contributed by atoms with Crippen LogP contribution in [-0.4, -0.2) is 16.9 Å². The Labute approximate surface area is 94.0 Å². The summed E-state index contributed by atoms with van der Waals surface area (Å²) in [7, 11) is 0. The molecule has 1 aliphatic rings. The molecule has 84 valence electrons. The summed E-state index contributed by atoms with van der Waals surface area (Å²) >= 11 is 0. The SMILES string of the molecule is NC1=C(c2ccccc2)C(N)(O)C(N)C=C1. The van der Waals surface area contributed by atoms with E-state index in [0.29, 0.717) is 11.3 Å². The second-order valence-electron chi connectivity index (χ2n) is 3.91. The highest BCUT2D eigenvalue weighted by molar-refractivity contribution is 5.78. The topological polar surface area (TPSA) is 98.3 Å². The van der Waals surface area contributed by atoms with E-state index >= 15 is 0 Å². The molecule has 0 saturated heterocycles. The molecule has 4 heteroatoms. The number of aliphatic hydroxyl groups is 1. The molecule has 1 aliphatic carbocycles. The largest absolute Gasteiger partial charge is 0.398 e. The molecule has 0 saturated carbocycles. The number of allylic oxidation sites excluding steroid dienone is 1. The quantitative estimate of drug-likeness (QED) is 0.494. The third-order valence-electron chi connectivity index (χ3n) is 2.74. The predicted octanol–water partition coefficient (Wildman–Crippen LogP) is -0.0992. The van der Waals surface area contributed by atoms with Crippen LogP contribution in [0.1, 0.15) is 5.56 Å². The van der Waals surface area contributed by atoms with Crippen molar-refractivity contribution in [2.24, 2.45) is 17.2 Å². The van der Waals surface area contributed by atoms with Crippen molar-refractivity contribution in [2.45, 2.75) is 11.8 Å². The van der Waals surface area contributed by atoms with Crippen molar-refractivity contribution in [3.8, 4) is 0 Å². The molecular weight excluding hydrogens is 202 g/mol. The van der Waals surface area contributed by atoms with Crippen LogP contribution in [0, 0.1) is 0 Å². The van der Waals surface area contributed by atoms with Crippen LogP contribution in [0.25, 0.3) is 5.57 Å². The minimum absolute atomic E-state index is 0.443. The maximum Gasteiger partial charge on any atom is 0.161 e. The lowest BCUT2D eigenvalue weighted by Crippen LogP contribution is -2.57. The lowest BCUT2D eigenvalue weighted by Gasteiger charge is -2.34. The number of benzene rings is 1. The average Bonchev–Trinajstić information content (AvgIpc) is 2.25. The van der Waals surface area contributed by atoms with Crippen LogP contribution in [0.15, 0.2) is 48.2 Å². The van der Waals surface area contributed by atoms with Gasteiger partial charge in [0.15, 0.2) is 5.72 Å². The Bertz CT molecular complexity index is 449. The van der Waals surface area contributed by atoms with Gasteiger partial charge in [0.25, 0.3) is 0 Å². The Morgan fingerprint density at radius 3 is 2.44 bits per heavy atom. The molecular formula is C12H15N3O. The zero-order chi connectivity index (χ0) is 11.8. The van der Waals surface area contributed by atoms with E-state index in [4.69, 9.17) is 17.2 Å². The van der Waals surface area contributed by atoms with Crippen LogP contribution in [-0.2, 0) is 0 Å². The van der Waals surface area contributed by atoms with Gasteiger partial charge < -0.3 is 16.6 Å². The van der Waals surface area contributed by atoms with Crippen LogP contribution in [0.4, 0.5) is 0 Å². The lowest BCUT2D eigenvalue weighted by molar-refractivity contribution is 0.0934. The molecule has 1 aromatic carbocycles. The summed E-state index contributed by atoms with van der Waals surface area (Å²) in [6.07, 6.45) is 3.27. The summed E-state index contributed by atoms with van der Waals surface area (Å²) in [5.74, 6) is 0. The highest BCUT2D eigenvalue weighted by Gasteiger charge is 2.37. The summed E-state index contributed by atoms with van der Waals surface area (Å²) in [6.45, 7) is 0. The van der Waals surface area contributed by atoms with E-state index in [2.05, 4.69) is 0 Å². The van der Waals surface area contributed by atoms with Gasteiger partial charge in [0.05, 0.1) is 6.04 Å². The van der Waals surface area contributed by atoms with Crippen LogP contribution in [0.2, 0.25) is 0 Å². The maximum absolute atomic E-state index is 10.2. The Kier molecular flexibility index (Phi) is 2.55. The molecule has 16 heavy (non-hydrogen) atoms. The lowest BCUT2D eigenvalue weighted by atomic mass is 9.85. The fourth-order valence-corrected chi connectivity index (χ4v) is 1.84.